The molecule has 4 rings (SSSR count). The number of rotatable bonds is 8. The lowest BCUT2D eigenvalue weighted by Gasteiger charge is -2.33. The summed E-state index contributed by atoms with van der Waals surface area (Å²) in [5.74, 6) is 0.333. The lowest BCUT2D eigenvalue weighted by atomic mass is 10.0. The Balaban J connectivity index is 1.57. The Kier molecular flexibility index (Phi) is 7.97. The molecule has 3 aromatic rings. The molecular weight excluding hydrogens is 505 g/mol. The molecule has 11 nitrogen and oxygen atoms in total. The van der Waals surface area contributed by atoms with E-state index in [-0.39, 0.29) is 35.2 Å². The molecule has 1 fully saturated rings. The van der Waals surface area contributed by atoms with Crippen molar-refractivity contribution < 1.29 is 28.4 Å². The first-order valence-corrected chi connectivity index (χ1v) is 11.7. The number of amides is 1. The number of likely N-dealkylation sites (N-methyl/N-ethyl adjacent to an activating group) is 1. The van der Waals surface area contributed by atoms with Crippen molar-refractivity contribution >= 4 is 34.7 Å². The van der Waals surface area contributed by atoms with Crippen LogP contribution in [0, 0.1) is 5.21 Å². The second kappa shape index (κ2) is 11.2. The summed E-state index contributed by atoms with van der Waals surface area (Å²) in [5, 5.41) is 25.0. The van der Waals surface area contributed by atoms with Gasteiger partial charge >= 0.3 is 6.18 Å². The highest BCUT2D eigenvalue weighted by Gasteiger charge is 2.35. The minimum atomic E-state index is -4.61. The number of nitrogens with zero attached hydrogens (tertiary/aromatic N) is 4. The van der Waals surface area contributed by atoms with E-state index < -0.39 is 17.0 Å². The van der Waals surface area contributed by atoms with Gasteiger partial charge in [-0.2, -0.15) is 18.4 Å². The Morgan fingerprint density at radius 2 is 1.71 bits per heavy atom. The molecule has 0 spiro atoms. The van der Waals surface area contributed by atoms with Crippen LogP contribution in [0.15, 0.2) is 48.5 Å². The van der Waals surface area contributed by atoms with Gasteiger partial charge in [-0.15, -0.1) is 0 Å². The normalized spacial score (nSPS) is 15.4. The Labute approximate surface area is 216 Å². The molecule has 202 valence electrons. The zero-order valence-corrected chi connectivity index (χ0v) is 20.4. The molecule has 1 aliphatic rings. The van der Waals surface area contributed by atoms with Gasteiger partial charge in [0.1, 0.15) is 11.6 Å². The van der Waals surface area contributed by atoms with Gasteiger partial charge in [0.2, 0.25) is 11.6 Å². The van der Waals surface area contributed by atoms with E-state index >= 15 is 0 Å². The SMILES string of the molecule is CN1CCN(c2ccc(NCCNc3ccc([NH+]([O-])O)c(N)n3)nc2-c2ccccc2C(F)(F)F)C(=O)C1. The van der Waals surface area contributed by atoms with E-state index in [0.717, 1.165) is 6.07 Å². The molecule has 1 saturated heterocycles. The second-order valence-electron chi connectivity index (χ2n) is 8.68. The van der Waals surface area contributed by atoms with Crippen LogP contribution in [0.3, 0.4) is 0 Å². The second-order valence-corrected chi connectivity index (χ2v) is 8.68. The Morgan fingerprint density at radius 3 is 2.34 bits per heavy atom. The molecule has 0 radical (unpaired) electrons. The fraction of sp³-hybridized carbons (Fsp3) is 0.292. The van der Waals surface area contributed by atoms with Gasteiger partial charge in [0.25, 0.3) is 0 Å². The summed E-state index contributed by atoms with van der Waals surface area (Å²) < 4.78 is 41.6. The lowest BCUT2D eigenvalue weighted by Crippen LogP contribution is -2.99. The van der Waals surface area contributed by atoms with Crippen molar-refractivity contribution in [3.8, 4) is 11.3 Å². The number of piperazine rings is 1. The quantitative estimate of drug-likeness (QED) is 0.217. The molecule has 3 heterocycles. The first-order valence-electron chi connectivity index (χ1n) is 11.7. The third-order valence-corrected chi connectivity index (χ3v) is 5.96. The third-order valence-electron chi connectivity index (χ3n) is 5.96. The number of anilines is 4. The summed E-state index contributed by atoms with van der Waals surface area (Å²) >= 11 is 0. The van der Waals surface area contributed by atoms with E-state index in [4.69, 9.17) is 10.9 Å². The number of aromatic nitrogens is 2. The predicted molar refractivity (Wildman–Crippen MR) is 136 cm³/mol. The van der Waals surface area contributed by atoms with Crippen LogP contribution in [0.25, 0.3) is 11.3 Å². The molecular formula is C24H27F3N8O3. The largest absolute Gasteiger partial charge is 0.595 e. The van der Waals surface area contributed by atoms with Crippen molar-refractivity contribution in [2.24, 2.45) is 0 Å². The van der Waals surface area contributed by atoms with Gasteiger partial charge in [-0.25, -0.2) is 15.2 Å². The number of hydrogen-bond acceptors (Lipinski definition) is 9. The summed E-state index contributed by atoms with van der Waals surface area (Å²) in [4.78, 5) is 24.5. The predicted octanol–water partition coefficient (Wildman–Crippen LogP) is 1.95. The van der Waals surface area contributed by atoms with Crippen molar-refractivity contribution in [3.63, 3.8) is 0 Å². The molecule has 0 bridgehead atoms. The smallest absolute Gasteiger partial charge is 0.417 e. The van der Waals surface area contributed by atoms with Crippen molar-refractivity contribution in [1.29, 1.82) is 0 Å². The van der Waals surface area contributed by atoms with E-state index in [2.05, 4.69) is 20.6 Å². The number of benzene rings is 1. The number of carbonyl (C=O) groups excluding carboxylic acids is 1. The maximum absolute atomic E-state index is 13.9. The molecule has 14 heteroatoms. The monoisotopic (exact) mass is 532 g/mol. The van der Waals surface area contributed by atoms with E-state index in [1.165, 1.54) is 35.2 Å². The summed E-state index contributed by atoms with van der Waals surface area (Å²) in [6, 6.07) is 11.2. The van der Waals surface area contributed by atoms with Gasteiger partial charge < -0.3 is 26.5 Å². The number of hydrogen-bond donors (Lipinski definition) is 5. The fourth-order valence-electron chi connectivity index (χ4n) is 4.08. The lowest BCUT2D eigenvalue weighted by molar-refractivity contribution is -0.990. The van der Waals surface area contributed by atoms with Crippen LogP contribution >= 0.6 is 0 Å². The van der Waals surface area contributed by atoms with Crippen LogP contribution in [-0.2, 0) is 11.0 Å². The zero-order valence-electron chi connectivity index (χ0n) is 20.4. The summed E-state index contributed by atoms with van der Waals surface area (Å²) in [7, 11) is 1.80. The number of nitrogens with two attached hydrogens (primary N) is 1. The minimum absolute atomic E-state index is 0.0486. The van der Waals surface area contributed by atoms with E-state index in [0.29, 0.717) is 43.5 Å². The van der Waals surface area contributed by atoms with Gasteiger partial charge in [0.15, 0.2) is 5.82 Å². The van der Waals surface area contributed by atoms with Crippen molar-refractivity contribution in [2.45, 2.75) is 6.18 Å². The molecule has 1 unspecified atom stereocenters. The average molecular weight is 533 g/mol. The average Bonchev–Trinajstić information content (AvgIpc) is 2.86. The van der Waals surface area contributed by atoms with Gasteiger partial charge in [0, 0.05) is 37.8 Å². The van der Waals surface area contributed by atoms with Gasteiger partial charge in [-0.3, -0.25) is 9.69 Å². The molecule has 1 aliphatic heterocycles. The standard InChI is InChI=1S/C24H27F3N8O3/c1-33-12-13-34(21(36)14-33)17-6-8-19(31-22(17)15-4-2-3-5-16(15)24(25,26)27)29-10-11-30-20-9-7-18(35(37)38)23(28)32-20/h2-9,35,37H,10-14H2,1H3,(H,29,31)(H3,28,30,32). The molecule has 1 amide bonds. The molecule has 38 heavy (non-hydrogen) atoms. The molecule has 6 N–H and O–H groups in total. The van der Waals surface area contributed by atoms with Crippen LogP contribution in [0.2, 0.25) is 0 Å². The van der Waals surface area contributed by atoms with Gasteiger partial charge in [-0.05, 0) is 31.3 Å². The molecule has 1 atom stereocenters. The Hall–Kier alpha value is -3.98. The number of nitrogens with one attached hydrogen (secondary N) is 3. The van der Waals surface area contributed by atoms with Crippen LogP contribution in [0.5, 0.6) is 0 Å². The number of alkyl halides is 3. The highest BCUT2D eigenvalue weighted by atomic mass is 19.4. The number of pyridine rings is 2. The number of nitrogen functional groups attached to an aromatic ring is 1. The molecule has 0 aliphatic carbocycles. The van der Waals surface area contributed by atoms with Crippen LogP contribution in [0.4, 0.5) is 42.0 Å². The van der Waals surface area contributed by atoms with E-state index in [9.17, 15) is 23.2 Å². The molecule has 1 aromatic carbocycles. The zero-order chi connectivity index (χ0) is 27.4. The minimum Gasteiger partial charge on any atom is -0.595 e. The summed E-state index contributed by atoms with van der Waals surface area (Å²) in [6.07, 6.45) is -4.61. The number of carbonyl (C=O) groups is 1. The maximum atomic E-state index is 13.9. The van der Waals surface area contributed by atoms with Crippen LogP contribution in [0.1, 0.15) is 5.56 Å². The van der Waals surface area contributed by atoms with Crippen LogP contribution in [-0.4, -0.2) is 65.8 Å². The highest BCUT2D eigenvalue weighted by Crippen LogP contribution is 2.40. The number of halogens is 3. The fourth-order valence-corrected chi connectivity index (χ4v) is 4.08. The Morgan fingerprint density at radius 1 is 1.05 bits per heavy atom. The maximum Gasteiger partial charge on any atom is 0.417 e. The molecule has 2 aromatic heterocycles. The van der Waals surface area contributed by atoms with Gasteiger partial charge in [0.05, 0.1) is 23.5 Å². The van der Waals surface area contributed by atoms with Crippen molar-refractivity contribution in [3.05, 3.63) is 59.3 Å². The number of quaternary nitrogens is 1. The van der Waals surface area contributed by atoms with Crippen LogP contribution < -0.4 is 26.5 Å². The highest BCUT2D eigenvalue weighted by molar-refractivity contribution is 5.99. The Bertz CT molecular complexity index is 1310. The molecule has 0 saturated carbocycles. The first kappa shape index (κ1) is 27.1. The first-order chi connectivity index (χ1) is 18.0. The van der Waals surface area contributed by atoms with Crippen molar-refractivity contribution in [2.75, 3.05) is 61.0 Å². The summed E-state index contributed by atoms with van der Waals surface area (Å²) in [6.45, 7) is 1.68. The van der Waals surface area contributed by atoms with E-state index in [1.54, 1.807) is 19.2 Å². The third kappa shape index (κ3) is 6.11. The van der Waals surface area contributed by atoms with Crippen molar-refractivity contribution in [1.82, 2.24) is 14.9 Å². The van der Waals surface area contributed by atoms with Gasteiger partial charge in [-0.1, -0.05) is 18.2 Å². The topological polar surface area (TPSA) is 147 Å². The summed E-state index contributed by atoms with van der Waals surface area (Å²) in [5.41, 5.74) is 4.94. The van der Waals surface area contributed by atoms with E-state index in [1.807, 2.05) is 4.90 Å².